The van der Waals surface area contributed by atoms with Gasteiger partial charge in [0.2, 0.25) is 5.91 Å². The smallest absolute Gasteiger partial charge is 0.330 e. The molecule has 0 fully saturated rings. The first-order chi connectivity index (χ1) is 15.5. The van der Waals surface area contributed by atoms with Crippen molar-refractivity contribution >= 4 is 28.2 Å². The van der Waals surface area contributed by atoms with Gasteiger partial charge in [-0.2, -0.15) is 0 Å². The number of aromatic nitrogens is 2. The fourth-order valence-electron chi connectivity index (χ4n) is 3.88. The predicted octanol–water partition coefficient (Wildman–Crippen LogP) is 3.84. The van der Waals surface area contributed by atoms with E-state index in [0.717, 1.165) is 48.4 Å². The molecule has 1 amide bonds. The number of nitrogens with two attached hydrogens (primary N) is 1. The number of benzene rings is 2. The first-order valence-electron chi connectivity index (χ1n) is 11.4. The molecule has 3 N–H and O–H groups in total. The summed E-state index contributed by atoms with van der Waals surface area (Å²) >= 11 is 0. The Balaban J connectivity index is 1.97. The van der Waals surface area contributed by atoms with Crippen molar-refractivity contribution in [1.82, 2.24) is 9.55 Å². The van der Waals surface area contributed by atoms with Gasteiger partial charge in [0.1, 0.15) is 5.82 Å². The van der Waals surface area contributed by atoms with E-state index < -0.39 is 11.2 Å². The van der Waals surface area contributed by atoms with Crippen molar-refractivity contribution in [2.24, 2.45) is 0 Å². The molecule has 1 aromatic heterocycles. The molecule has 0 aliphatic heterocycles. The third kappa shape index (κ3) is 5.28. The van der Waals surface area contributed by atoms with Crippen LogP contribution in [0.5, 0.6) is 0 Å². The molecule has 0 aliphatic rings. The summed E-state index contributed by atoms with van der Waals surface area (Å²) in [6.07, 6.45) is 4.41. The number of anilines is 2. The van der Waals surface area contributed by atoms with Crippen molar-refractivity contribution in [1.29, 1.82) is 0 Å². The molecular formula is C25H32N4O3. The van der Waals surface area contributed by atoms with Crippen LogP contribution in [-0.2, 0) is 17.8 Å². The molecule has 1 heterocycles. The Morgan fingerprint density at radius 1 is 1.00 bits per heavy atom. The molecule has 3 aromatic rings. The van der Waals surface area contributed by atoms with Crippen LogP contribution >= 0.6 is 0 Å². The molecule has 32 heavy (non-hydrogen) atoms. The zero-order chi connectivity index (χ0) is 23.1. The fourth-order valence-corrected chi connectivity index (χ4v) is 3.88. The minimum atomic E-state index is -0.622. The van der Waals surface area contributed by atoms with Gasteiger partial charge in [0.15, 0.2) is 5.69 Å². The Hall–Kier alpha value is -3.35. The number of H-pyrrole nitrogens is 1. The van der Waals surface area contributed by atoms with E-state index in [1.54, 1.807) is 0 Å². The van der Waals surface area contributed by atoms with Crippen molar-refractivity contribution < 1.29 is 4.79 Å². The number of carbonyl (C=O) groups is 1. The highest BCUT2D eigenvalue weighted by Crippen LogP contribution is 2.21. The number of nitrogen functional groups attached to an aromatic ring is 1. The number of nitrogens with zero attached hydrogens (tertiary/aromatic N) is 2. The Morgan fingerprint density at radius 2 is 1.72 bits per heavy atom. The molecule has 2 aromatic carbocycles. The number of hydrogen-bond acceptors (Lipinski definition) is 4. The first kappa shape index (κ1) is 23.3. The predicted molar refractivity (Wildman–Crippen MR) is 130 cm³/mol. The molecule has 7 heteroatoms. The van der Waals surface area contributed by atoms with Crippen LogP contribution in [0.4, 0.5) is 11.5 Å². The van der Waals surface area contributed by atoms with Crippen LogP contribution in [0.1, 0.15) is 51.5 Å². The van der Waals surface area contributed by atoms with E-state index in [2.05, 4.69) is 11.9 Å². The maximum absolute atomic E-state index is 13.4. The van der Waals surface area contributed by atoms with Gasteiger partial charge in [0.05, 0.1) is 6.42 Å². The van der Waals surface area contributed by atoms with Gasteiger partial charge in [-0.1, -0.05) is 75.6 Å². The third-order valence-electron chi connectivity index (χ3n) is 5.67. The van der Waals surface area contributed by atoms with Crippen molar-refractivity contribution in [3.8, 4) is 0 Å². The van der Waals surface area contributed by atoms with E-state index >= 15 is 0 Å². The summed E-state index contributed by atoms with van der Waals surface area (Å²) in [4.78, 5) is 42.3. The van der Waals surface area contributed by atoms with Gasteiger partial charge in [-0.25, -0.2) is 4.79 Å². The molecule has 0 spiro atoms. The van der Waals surface area contributed by atoms with Crippen LogP contribution in [0.3, 0.4) is 0 Å². The van der Waals surface area contributed by atoms with E-state index in [-0.39, 0.29) is 23.8 Å². The number of fused-ring (bicyclic) bond motifs is 1. The van der Waals surface area contributed by atoms with Gasteiger partial charge in [0.25, 0.3) is 5.56 Å². The summed E-state index contributed by atoms with van der Waals surface area (Å²) in [6.45, 7) is 4.86. The first-order valence-corrected chi connectivity index (χ1v) is 11.4. The summed E-state index contributed by atoms with van der Waals surface area (Å²) in [6, 6.07) is 13.9. The molecule has 0 saturated heterocycles. The highest BCUT2D eigenvalue weighted by molar-refractivity contribution is 5.97. The number of hydrogen-bond donors (Lipinski definition) is 2. The van der Waals surface area contributed by atoms with Crippen LogP contribution in [-0.4, -0.2) is 22.0 Å². The van der Waals surface area contributed by atoms with Crippen molar-refractivity contribution in [2.75, 3.05) is 17.2 Å². The molecule has 170 valence electrons. The lowest BCUT2D eigenvalue weighted by Gasteiger charge is -2.25. The maximum Gasteiger partial charge on any atom is 0.330 e. The average molecular weight is 437 g/mol. The van der Waals surface area contributed by atoms with Gasteiger partial charge in [0, 0.05) is 13.1 Å². The number of unbranched alkanes of at least 4 members (excludes halogenated alkanes) is 3. The van der Waals surface area contributed by atoms with E-state index in [4.69, 9.17) is 5.73 Å². The monoisotopic (exact) mass is 436 g/mol. The van der Waals surface area contributed by atoms with E-state index in [0.29, 0.717) is 13.1 Å². The molecule has 7 nitrogen and oxygen atoms in total. The quantitative estimate of drug-likeness (QED) is 0.472. The molecule has 0 atom stereocenters. The van der Waals surface area contributed by atoms with Crippen LogP contribution < -0.4 is 21.9 Å². The zero-order valence-electron chi connectivity index (χ0n) is 18.9. The van der Waals surface area contributed by atoms with Crippen molar-refractivity contribution in [3.05, 3.63) is 68.9 Å². The Labute approximate surface area is 187 Å². The Kier molecular flexibility index (Phi) is 7.87. The SMILES string of the molecule is CCCCCN(C(=O)Cc1ccc2ccccc2c1)c1c(N)n(CCCC)c(=O)[nH]c1=O. The molecular weight excluding hydrogens is 404 g/mol. The van der Waals surface area contributed by atoms with Crippen LogP contribution in [0, 0.1) is 0 Å². The summed E-state index contributed by atoms with van der Waals surface area (Å²) < 4.78 is 1.36. The average Bonchev–Trinajstić information content (AvgIpc) is 2.77. The molecule has 0 radical (unpaired) electrons. The standard InChI is InChI=1S/C25H32N4O3/c1-3-5-9-15-28(22-23(26)29(14-6-4-2)25(32)27-24(22)31)21(30)17-18-12-13-19-10-7-8-11-20(19)16-18/h7-8,10-13,16H,3-6,9,14-15,17,26H2,1-2H3,(H,27,31,32). The summed E-state index contributed by atoms with van der Waals surface area (Å²) in [5.41, 5.74) is 6.06. The number of carbonyl (C=O) groups excluding carboxylic acids is 1. The zero-order valence-corrected chi connectivity index (χ0v) is 18.9. The summed E-state index contributed by atoms with van der Waals surface area (Å²) in [5.74, 6) is -0.162. The maximum atomic E-state index is 13.4. The minimum absolute atomic E-state index is 0.0514. The highest BCUT2D eigenvalue weighted by atomic mass is 16.2. The summed E-state index contributed by atoms with van der Waals surface area (Å²) in [7, 11) is 0. The molecule has 0 bridgehead atoms. The second-order valence-electron chi connectivity index (χ2n) is 8.11. The second kappa shape index (κ2) is 10.8. The van der Waals surface area contributed by atoms with Gasteiger partial charge >= 0.3 is 5.69 Å². The topological polar surface area (TPSA) is 101 Å². The third-order valence-corrected chi connectivity index (χ3v) is 5.67. The Morgan fingerprint density at radius 3 is 2.44 bits per heavy atom. The number of aromatic amines is 1. The van der Waals surface area contributed by atoms with Crippen molar-refractivity contribution in [2.45, 2.75) is 58.9 Å². The highest BCUT2D eigenvalue weighted by Gasteiger charge is 2.24. The van der Waals surface area contributed by atoms with Gasteiger partial charge in [-0.05, 0) is 29.2 Å². The second-order valence-corrected chi connectivity index (χ2v) is 8.11. The number of amides is 1. The van der Waals surface area contributed by atoms with E-state index in [9.17, 15) is 14.4 Å². The van der Waals surface area contributed by atoms with Crippen LogP contribution in [0.2, 0.25) is 0 Å². The number of nitrogens with one attached hydrogen (secondary N) is 1. The lowest BCUT2D eigenvalue weighted by Crippen LogP contribution is -2.42. The van der Waals surface area contributed by atoms with E-state index in [1.165, 1.54) is 9.47 Å². The molecule has 0 saturated carbocycles. The summed E-state index contributed by atoms with van der Waals surface area (Å²) in [5, 5.41) is 2.16. The molecule has 3 rings (SSSR count). The van der Waals surface area contributed by atoms with Crippen LogP contribution in [0.25, 0.3) is 10.8 Å². The number of rotatable bonds is 10. The van der Waals surface area contributed by atoms with Crippen molar-refractivity contribution in [3.63, 3.8) is 0 Å². The van der Waals surface area contributed by atoms with Gasteiger partial charge < -0.3 is 10.6 Å². The Bertz CT molecular complexity index is 1200. The molecule has 0 unspecified atom stereocenters. The lowest BCUT2D eigenvalue weighted by atomic mass is 10.0. The van der Waals surface area contributed by atoms with Gasteiger partial charge in [-0.3, -0.25) is 19.1 Å². The van der Waals surface area contributed by atoms with Gasteiger partial charge in [-0.15, -0.1) is 0 Å². The normalized spacial score (nSPS) is 11.1. The minimum Gasteiger partial charge on any atom is -0.383 e. The van der Waals surface area contributed by atoms with E-state index in [1.807, 2.05) is 49.4 Å². The fraction of sp³-hybridized carbons (Fsp3) is 0.400. The lowest BCUT2D eigenvalue weighted by molar-refractivity contribution is -0.118. The largest absolute Gasteiger partial charge is 0.383 e. The van der Waals surface area contributed by atoms with Crippen LogP contribution in [0.15, 0.2) is 52.1 Å². The molecule has 0 aliphatic carbocycles.